The van der Waals surface area contributed by atoms with E-state index >= 15 is 0 Å². The highest BCUT2D eigenvalue weighted by Gasteiger charge is 2.16. The summed E-state index contributed by atoms with van der Waals surface area (Å²) in [6.45, 7) is 6.09. The Labute approximate surface area is 128 Å². The van der Waals surface area contributed by atoms with Crippen LogP contribution in [0.25, 0.3) is 0 Å². The Morgan fingerprint density at radius 3 is 2.86 bits per heavy atom. The van der Waals surface area contributed by atoms with Crippen molar-refractivity contribution in [2.45, 2.75) is 33.8 Å². The summed E-state index contributed by atoms with van der Waals surface area (Å²) < 4.78 is 0. The molecule has 112 valence electrons. The van der Waals surface area contributed by atoms with Gasteiger partial charge in [-0.15, -0.1) is 11.3 Å². The van der Waals surface area contributed by atoms with Crippen molar-refractivity contribution in [3.05, 3.63) is 45.4 Å². The van der Waals surface area contributed by atoms with Crippen molar-refractivity contribution in [3.8, 4) is 0 Å². The fourth-order valence-electron chi connectivity index (χ4n) is 2.03. The van der Waals surface area contributed by atoms with Gasteiger partial charge in [0, 0.05) is 12.1 Å². The molecule has 0 bridgehead atoms. The zero-order valence-electron chi connectivity index (χ0n) is 12.5. The molecule has 0 aliphatic heterocycles. The standard InChI is InChI=1S/C16H20N2O2S/c1-10(2)7-14-17-11(3)15(21-14)16(20)18-13-6-4-5-12(8-13)9-19/h4-6,8,10,19H,7,9H2,1-3H3,(H,18,20). The molecule has 2 aromatic rings. The molecule has 0 fully saturated rings. The summed E-state index contributed by atoms with van der Waals surface area (Å²) in [5, 5.41) is 13.0. The van der Waals surface area contributed by atoms with Crippen molar-refractivity contribution in [2.75, 3.05) is 5.32 Å². The fourth-order valence-corrected chi connectivity index (χ4v) is 3.21. The third kappa shape index (κ3) is 4.12. The maximum absolute atomic E-state index is 12.3. The van der Waals surface area contributed by atoms with Gasteiger partial charge in [-0.3, -0.25) is 4.79 Å². The molecule has 4 nitrogen and oxygen atoms in total. The highest BCUT2D eigenvalue weighted by atomic mass is 32.1. The topological polar surface area (TPSA) is 62.2 Å². The number of carbonyl (C=O) groups is 1. The van der Waals surface area contributed by atoms with Crippen LogP contribution in [0.1, 0.15) is 39.8 Å². The molecule has 0 atom stereocenters. The number of aromatic nitrogens is 1. The molecule has 1 aromatic carbocycles. The van der Waals surface area contributed by atoms with E-state index in [1.54, 1.807) is 6.07 Å². The van der Waals surface area contributed by atoms with E-state index in [2.05, 4.69) is 24.1 Å². The van der Waals surface area contributed by atoms with Gasteiger partial charge in [0.05, 0.1) is 17.3 Å². The smallest absolute Gasteiger partial charge is 0.267 e. The maximum atomic E-state index is 12.3. The van der Waals surface area contributed by atoms with Gasteiger partial charge < -0.3 is 10.4 Å². The molecule has 1 heterocycles. The summed E-state index contributed by atoms with van der Waals surface area (Å²) in [5.41, 5.74) is 2.23. The van der Waals surface area contributed by atoms with Crippen molar-refractivity contribution in [1.82, 2.24) is 4.98 Å². The van der Waals surface area contributed by atoms with E-state index in [-0.39, 0.29) is 12.5 Å². The van der Waals surface area contributed by atoms with Gasteiger partial charge in [0.2, 0.25) is 0 Å². The molecular weight excluding hydrogens is 284 g/mol. The van der Waals surface area contributed by atoms with E-state index in [1.165, 1.54) is 11.3 Å². The van der Waals surface area contributed by atoms with Gasteiger partial charge in [-0.2, -0.15) is 0 Å². The minimum Gasteiger partial charge on any atom is -0.392 e. The summed E-state index contributed by atoms with van der Waals surface area (Å²) in [6.07, 6.45) is 0.888. The molecule has 0 saturated heterocycles. The third-order valence-electron chi connectivity index (χ3n) is 3.00. The monoisotopic (exact) mass is 304 g/mol. The minimum absolute atomic E-state index is 0.0398. The second-order valence-corrected chi connectivity index (χ2v) is 6.52. The molecule has 2 rings (SSSR count). The van der Waals surface area contributed by atoms with Gasteiger partial charge in [0.1, 0.15) is 4.88 Å². The minimum atomic E-state index is -0.143. The summed E-state index contributed by atoms with van der Waals surface area (Å²) in [6, 6.07) is 7.20. The van der Waals surface area contributed by atoms with Crippen LogP contribution in [0.5, 0.6) is 0 Å². The van der Waals surface area contributed by atoms with Crippen molar-refractivity contribution in [3.63, 3.8) is 0 Å². The second-order valence-electron chi connectivity index (χ2n) is 5.43. The zero-order chi connectivity index (χ0) is 15.4. The lowest BCUT2D eigenvalue weighted by Gasteiger charge is -2.05. The van der Waals surface area contributed by atoms with Crippen molar-refractivity contribution in [1.29, 1.82) is 0 Å². The van der Waals surface area contributed by atoms with E-state index in [1.807, 2.05) is 25.1 Å². The first kappa shape index (κ1) is 15.7. The van der Waals surface area contributed by atoms with E-state index < -0.39 is 0 Å². The largest absolute Gasteiger partial charge is 0.392 e. The second kappa shape index (κ2) is 6.83. The van der Waals surface area contributed by atoms with Crippen LogP contribution in [0.3, 0.4) is 0 Å². The molecular formula is C16H20N2O2S. The number of anilines is 1. The van der Waals surface area contributed by atoms with Gasteiger partial charge in [0.25, 0.3) is 5.91 Å². The summed E-state index contributed by atoms with van der Waals surface area (Å²) in [5.74, 6) is 0.378. The number of nitrogens with one attached hydrogen (secondary N) is 1. The Morgan fingerprint density at radius 2 is 2.19 bits per heavy atom. The first-order valence-electron chi connectivity index (χ1n) is 6.97. The lowest BCUT2D eigenvalue weighted by atomic mass is 10.1. The first-order chi connectivity index (χ1) is 9.99. The van der Waals surface area contributed by atoms with Crippen LogP contribution in [-0.4, -0.2) is 16.0 Å². The molecule has 21 heavy (non-hydrogen) atoms. The average Bonchev–Trinajstić information content (AvgIpc) is 2.79. The van der Waals surface area contributed by atoms with E-state index in [0.717, 1.165) is 22.7 Å². The highest BCUT2D eigenvalue weighted by Crippen LogP contribution is 2.22. The van der Waals surface area contributed by atoms with Crippen LogP contribution in [0.2, 0.25) is 0 Å². The molecule has 0 spiro atoms. The Balaban J connectivity index is 2.14. The third-order valence-corrected chi connectivity index (χ3v) is 4.18. The van der Waals surface area contributed by atoms with E-state index in [9.17, 15) is 4.79 Å². The molecule has 0 aliphatic rings. The number of nitrogens with zero attached hydrogens (tertiary/aromatic N) is 1. The van der Waals surface area contributed by atoms with Crippen LogP contribution in [0, 0.1) is 12.8 Å². The van der Waals surface area contributed by atoms with Crippen LogP contribution in [-0.2, 0) is 13.0 Å². The van der Waals surface area contributed by atoms with Gasteiger partial charge in [-0.25, -0.2) is 4.98 Å². The quantitative estimate of drug-likeness (QED) is 0.890. The highest BCUT2D eigenvalue weighted by molar-refractivity contribution is 7.13. The Morgan fingerprint density at radius 1 is 1.43 bits per heavy atom. The lowest BCUT2D eigenvalue weighted by molar-refractivity contribution is 0.103. The lowest BCUT2D eigenvalue weighted by Crippen LogP contribution is -2.11. The SMILES string of the molecule is Cc1nc(CC(C)C)sc1C(=O)Nc1cccc(CO)c1. The van der Waals surface area contributed by atoms with Gasteiger partial charge in [-0.1, -0.05) is 26.0 Å². The Bertz CT molecular complexity index is 635. The number of benzene rings is 1. The number of aliphatic hydroxyl groups is 1. The van der Waals surface area contributed by atoms with Gasteiger partial charge in [-0.05, 0) is 30.5 Å². The number of hydrogen-bond donors (Lipinski definition) is 2. The zero-order valence-corrected chi connectivity index (χ0v) is 13.3. The van der Waals surface area contributed by atoms with Crippen molar-refractivity contribution >= 4 is 22.9 Å². The predicted octanol–water partition coefficient (Wildman–Crippen LogP) is 3.39. The maximum Gasteiger partial charge on any atom is 0.267 e. The van der Waals surface area contributed by atoms with Crippen molar-refractivity contribution < 1.29 is 9.90 Å². The van der Waals surface area contributed by atoms with Crippen LogP contribution < -0.4 is 5.32 Å². The number of aliphatic hydroxyl groups excluding tert-OH is 1. The predicted molar refractivity (Wildman–Crippen MR) is 85.7 cm³/mol. The molecule has 1 aromatic heterocycles. The fraction of sp³-hybridized carbons (Fsp3) is 0.375. The molecule has 0 unspecified atom stereocenters. The Kier molecular flexibility index (Phi) is 5.09. The Hall–Kier alpha value is -1.72. The molecule has 2 N–H and O–H groups in total. The molecule has 1 amide bonds. The molecule has 0 aliphatic carbocycles. The number of aryl methyl sites for hydroxylation is 1. The molecule has 5 heteroatoms. The summed E-state index contributed by atoms with van der Waals surface area (Å²) >= 11 is 1.45. The number of hydrogen-bond acceptors (Lipinski definition) is 4. The van der Waals surface area contributed by atoms with Crippen LogP contribution in [0.15, 0.2) is 24.3 Å². The van der Waals surface area contributed by atoms with Crippen LogP contribution in [0.4, 0.5) is 5.69 Å². The first-order valence-corrected chi connectivity index (χ1v) is 7.78. The molecule has 0 saturated carbocycles. The summed E-state index contributed by atoms with van der Waals surface area (Å²) in [7, 11) is 0. The number of thiazole rings is 1. The van der Waals surface area contributed by atoms with E-state index in [0.29, 0.717) is 16.5 Å². The molecule has 0 radical (unpaired) electrons. The number of amides is 1. The van der Waals surface area contributed by atoms with Crippen molar-refractivity contribution in [2.24, 2.45) is 5.92 Å². The number of rotatable bonds is 5. The van der Waals surface area contributed by atoms with Gasteiger partial charge in [0.15, 0.2) is 0 Å². The number of carbonyl (C=O) groups excluding carboxylic acids is 1. The summed E-state index contributed by atoms with van der Waals surface area (Å²) in [4.78, 5) is 17.4. The normalized spacial score (nSPS) is 10.9. The average molecular weight is 304 g/mol. The van der Waals surface area contributed by atoms with Gasteiger partial charge >= 0.3 is 0 Å². The van der Waals surface area contributed by atoms with E-state index in [4.69, 9.17) is 5.11 Å². The van der Waals surface area contributed by atoms with Crippen LogP contribution >= 0.6 is 11.3 Å².